The lowest BCUT2D eigenvalue weighted by atomic mass is 9.96. The number of imidazole rings is 1. The molecule has 2 aliphatic heterocycles. The molecule has 3 rings (SSSR count). The second-order valence-corrected chi connectivity index (χ2v) is 7.01. The fraction of sp³-hybridized carbons (Fsp3) is 0.778. The minimum absolute atomic E-state index is 0.339. The summed E-state index contributed by atoms with van der Waals surface area (Å²) in [6.45, 7) is 7.91. The number of carbonyl (C=O) groups is 1. The van der Waals surface area contributed by atoms with E-state index >= 15 is 0 Å². The normalized spacial score (nSPS) is 20.8. The molecule has 23 heavy (non-hydrogen) atoms. The molecule has 1 aromatic heterocycles. The Morgan fingerprint density at radius 2 is 1.91 bits per heavy atom. The molecule has 5 heteroatoms. The molecule has 128 valence electrons. The van der Waals surface area contributed by atoms with Gasteiger partial charge in [-0.3, -0.25) is 9.69 Å². The van der Waals surface area contributed by atoms with Crippen molar-refractivity contribution in [3.63, 3.8) is 0 Å². The zero-order chi connectivity index (χ0) is 16.1. The van der Waals surface area contributed by atoms with Crippen LogP contribution in [0.3, 0.4) is 0 Å². The maximum absolute atomic E-state index is 12.4. The van der Waals surface area contributed by atoms with E-state index in [-0.39, 0.29) is 0 Å². The molecule has 0 unspecified atom stereocenters. The maximum Gasteiger partial charge on any atom is 0.236 e. The van der Waals surface area contributed by atoms with Crippen LogP contribution in [-0.2, 0) is 17.8 Å². The second kappa shape index (κ2) is 7.95. The number of nitrogens with zero attached hydrogens (tertiary/aromatic N) is 4. The summed E-state index contributed by atoms with van der Waals surface area (Å²) in [4.78, 5) is 21.2. The van der Waals surface area contributed by atoms with E-state index in [1.54, 1.807) is 0 Å². The van der Waals surface area contributed by atoms with Crippen LogP contribution < -0.4 is 0 Å². The Kier molecular flexibility index (Phi) is 5.70. The number of aryl methyl sites for hydroxylation is 1. The zero-order valence-corrected chi connectivity index (χ0v) is 14.4. The lowest BCUT2D eigenvalue weighted by Crippen LogP contribution is -2.45. The molecule has 0 radical (unpaired) electrons. The minimum Gasteiger partial charge on any atom is -0.342 e. The molecule has 5 nitrogen and oxygen atoms in total. The molecule has 2 aliphatic rings. The summed E-state index contributed by atoms with van der Waals surface area (Å²) in [5.41, 5.74) is 0. The SMILES string of the molecule is CCc1nccn1CC1CCN(CC(=O)N2CCCCC2)CC1. The van der Waals surface area contributed by atoms with E-state index in [2.05, 4.69) is 32.5 Å². The van der Waals surface area contributed by atoms with Gasteiger partial charge in [0.1, 0.15) is 5.82 Å². The lowest BCUT2D eigenvalue weighted by molar-refractivity contribution is -0.133. The monoisotopic (exact) mass is 318 g/mol. The highest BCUT2D eigenvalue weighted by atomic mass is 16.2. The van der Waals surface area contributed by atoms with Gasteiger partial charge in [0, 0.05) is 38.4 Å². The number of aromatic nitrogens is 2. The van der Waals surface area contributed by atoms with E-state index in [0.29, 0.717) is 12.5 Å². The smallest absolute Gasteiger partial charge is 0.236 e. The predicted molar refractivity (Wildman–Crippen MR) is 91.2 cm³/mol. The van der Waals surface area contributed by atoms with E-state index in [0.717, 1.165) is 45.1 Å². The number of hydrogen-bond donors (Lipinski definition) is 0. The van der Waals surface area contributed by atoms with E-state index < -0.39 is 0 Å². The molecule has 0 spiro atoms. The van der Waals surface area contributed by atoms with E-state index in [1.807, 2.05) is 6.20 Å². The van der Waals surface area contributed by atoms with Crippen LogP contribution in [0.25, 0.3) is 0 Å². The lowest BCUT2D eigenvalue weighted by Gasteiger charge is -2.34. The van der Waals surface area contributed by atoms with Crippen molar-refractivity contribution in [3.05, 3.63) is 18.2 Å². The van der Waals surface area contributed by atoms with E-state index in [9.17, 15) is 4.79 Å². The van der Waals surface area contributed by atoms with Crippen LogP contribution >= 0.6 is 0 Å². The Bertz CT molecular complexity index is 499. The molecule has 2 saturated heterocycles. The van der Waals surface area contributed by atoms with Crippen molar-refractivity contribution in [1.82, 2.24) is 19.4 Å². The van der Waals surface area contributed by atoms with Crippen molar-refractivity contribution in [2.24, 2.45) is 5.92 Å². The average molecular weight is 318 g/mol. The molecule has 0 N–H and O–H groups in total. The van der Waals surface area contributed by atoms with Crippen molar-refractivity contribution in [2.75, 3.05) is 32.7 Å². The van der Waals surface area contributed by atoms with Gasteiger partial charge < -0.3 is 9.47 Å². The number of amides is 1. The molecule has 0 aromatic carbocycles. The highest BCUT2D eigenvalue weighted by Gasteiger charge is 2.24. The Morgan fingerprint density at radius 1 is 1.17 bits per heavy atom. The van der Waals surface area contributed by atoms with Gasteiger partial charge in [-0.1, -0.05) is 6.92 Å². The summed E-state index contributed by atoms with van der Waals surface area (Å²) in [5, 5.41) is 0. The van der Waals surface area contributed by atoms with Gasteiger partial charge in [-0.2, -0.15) is 0 Å². The van der Waals surface area contributed by atoms with Crippen LogP contribution in [0.5, 0.6) is 0 Å². The van der Waals surface area contributed by atoms with Gasteiger partial charge in [-0.15, -0.1) is 0 Å². The second-order valence-electron chi connectivity index (χ2n) is 7.01. The van der Waals surface area contributed by atoms with Crippen LogP contribution in [0.15, 0.2) is 12.4 Å². The fourth-order valence-electron chi connectivity index (χ4n) is 3.86. The fourth-order valence-corrected chi connectivity index (χ4v) is 3.86. The molecule has 1 aromatic rings. The van der Waals surface area contributed by atoms with Gasteiger partial charge in [0.15, 0.2) is 0 Å². The van der Waals surface area contributed by atoms with Crippen molar-refractivity contribution >= 4 is 5.91 Å². The summed E-state index contributed by atoms with van der Waals surface area (Å²) in [6, 6.07) is 0. The molecular formula is C18H30N4O. The highest BCUT2D eigenvalue weighted by Crippen LogP contribution is 2.20. The van der Waals surface area contributed by atoms with Gasteiger partial charge in [-0.05, 0) is 51.1 Å². The summed E-state index contributed by atoms with van der Waals surface area (Å²) in [7, 11) is 0. The quantitative estimate of drug-likeness (QED) is 0.835. The first-order valence-corrected chi connectivity index (χ1v) is 9.26. The first-order valence-electron chi connectivity index (χ1n) is 9.26. The molecule has 0 bridgehead atoms. The maximum atomic E-state index is 12.4. The summed E-state index contributed by atoms with van der Waals surface area (Å²) >= 11 is 0. The highest BCUT2D eigenvalue weighted by molar-refractivity contribution is 5.78. The van der Waals surface area contributed by atoms with Gasteiger partial charge in [0.25, 0.3) is 0 Å². The first kappa shape index (κ1) is 16.5. The van der Waals surface area contributed by atoms with Crippen molar-refractivity contribution in [1.29, 1.82) is 0 Å². The Hall–Kier alpha value is -1.36. The summed E-state index contributed by atoms with van der Waals surface area (Å²) in [6.07, 6.45) is 11.0. The van der Waals surface area contributed by atoms with Crippen molar-refractivity contribution in [3.8, 4) is 0 Å². The predicted octanol–water partition coefficient (Wildman–Crippen LogP) is 2.17. The number of likely N-dealkylation sites (tertiary alicyclic amines) is 2. The van der Waals surface area contributed by atoms with Crippen molar-refractivity contribution in [2.45, 2.75) is 52.0 Å². The third-order valence-electron chi connectivity index (χ3n) is 5.35. The molecule has 0 aliphatic carbocycles. The average Bonchev–Trinajstić information content (AvgIpc) is 3.04. The van der Waals surface area contributed by atoms with Gasteiger partial charge in [0.2, 0.25) is 5.91 Å². The van der Waals surface area contributed by atoms with Crippen LogP contribution in [0.1, 0.15) is 44.9 Å². The number of piperidine rings is 2. The molecule has 0 atom stereocenters. The summed E-state index contributed by atoms with van der Waals surface area (Å²) in [5.74, 6) is 2.24. The van der Waals surface area contributed by atoms with Gasteiger partial charge >= 0.3 is 0 Å². The van der Waals surface area contributed by atoms with Crippen LogP contribution in [0.4, 0.5) is 0 Å². The Balaban J connectivity index is 1.42. The first-order chi connectivity index (χ1) is 11.3. The van der Waals surface area contributed by atoms with Crippen LogP contribution in [0, 0.1) is 5.92 Å². The van der Waals surface area contributed by atoms with Gasteiger partial charge in [-0.25, -0.2) is 4.98 Å². The molecule has 3 heterocycles. The van der Waals surface area contributed by atoms with E-state index in [1.165, 1.54) is 37.9 Å². The van der Waals surface area contributed by atoms with Crippen molar-refractivity contribution < 1.29 is 4.79 Å². The van der Waals surface area contributed by atoms with E-state index in [4.69, 9.17) is 0 Å². The zero-order valence-electron chi connectivity index (χ0n) is 14.4. The Morgan fingerprint density at radius 3 is 2.61 bits per heavy atom. The molecule has 0 saturated carbocycles. The molecular weight excluding hydrogens is 288 g/mol. The third kappa shape index (κ3) is 4.34. The standard InChI is InChI=1S/C18H30N4O/c1-2-17-19-8-13-22(17)14-16-6-11-20(12-7-16)15-18(23)21-9-4-3-5-10-21/h8,13,16H,2-7,9-12,14-15H2,1H3. The largest absolute Gasteiger partial charge is 0.342 e. The molecule has 2 fully saturated rings. The Labute approximate surface area is 139 Å². The number of carbonyl (C=O) groups excluding carboxylic acids is 1. The number of hydrogen-bond acceptors (Lipinski definition) is 3. The summed E-state index contributed by atoms with van der Waals surface area (Å²) < 4.78 is 2.30. The van der Waals surface area contributed by atoms with Crippen LogP contribution in [-0.4, -0.2) is 58.0 Å². The minimum atomic E-state index is 0.339. The van der Waals surface area contributed by atoms with Crippen LogP contribution in [0.2, 0.25) is 0 Å². The molecule has 1 amide bonds. The topological polar surface area (TPSA) is 41.4 Å². The van der Waals surface area contributed by atoms with Gasteiger partial charge in [0.05, 0.1) is 6.54 Å². The number of rotatable bonds is 5. The third-order valence-corrected chi connectivity index (χ3v) is 5.35.